The molecule has 0 aliphatic rings. The van der Waals surface area contributed by atoms with Crippen LogP contribution in [0.3, 0.4) is 0 Å². The summed E-state index contributed by atoms with van der Waals surface area (Å²) in [4.78, 5) is 2.35. The Hall–Kier alpha value is -1.11. The van der Waals surface area contributed by atoms with Gasteiger partial charge in [-0.05, 0) is 51.5 Å². The minimum atomic E-state index is -3.42. The van der Waals surface area contributed by atoms with Crippen LogP contribution in [0.4, 0.5) is 5.69 Å². The molecular formula is C14H25N3O2S. The summed E-state index contributed by atoms with van der Waals surface area (Å²) in [5, 5.41) is 0. The molecule has 1 aromatic carbocycles. The van der Waals surface area contributed by atoms with E-state index in [0.717, 1.165) is 18.7 Å². The molecule has 0 bridgehead atoms. The lowest BCUT2D eigenvalue weighted by Crippen LogP contribution is -2.30. The van der Waals surface area contributed by atoms with Crippen molar-refractivity contribution in [2.24, 2.45) is 5.73 Å². The van der Waals surface area contributed by atoms with Gasteiger partial charge in [0.25, 0.3) is 0 Å². The molecule has 3 N–H and O–H groups in total. The molecule has 0 amide bonds. The van der Waals surface area contributed by atoms with Crippen LogP contribution >= 0.6 is 0 Å². The maximum atomic E-state index is 12.0. The highest BCUT2D eigenvalue weighted by atomic mass is 32.2. The first kappa shape index (κ1) is 16.9. The van der Waals surface area contributed by atoms with Crippen molar-refractivity contribution in [2.75, 3.05) is 18.5 Å². The number of benzene rings is 1. The van der Waals surface area contributed by atoms with Gasteiger partial charge in [0.2, 0.25) is 10.0 Å². The molecule has 0 saturated carbocycles. The molecule has 0 aromatic heterocycles. The van der Waals surface area contributed by atoms with E-state index in [2.05, 4.69) is 9.62 Å². The topological polar surface area (TPSA) is 75.4 Å². The van der Waals surface area contributed by atoms with E-state index in [9.17, 15) is 8.42 Å². The Balaban J connectivity index is 2.78. The first-order chi connectivity index (χ1) is 9.22. The van der Waals surface area contributed by atoms with E-state index >= 15 is 0 Å². The van der Waals surface area contributed by atoms with Crippen LogP contribution in [0.2, 0.25) is 0 Å². The lowest BCUT2D eigenvalue weighted by atomic mass is 10.2. The number of nitrogens with one attached hydrogen (secondary N) is 1. The van der Waals surface area contributed by atoms with Crippen LogP contribution in [-0.4, -0.2) is 34.1 Å². The third-order valence-electron chi connectivity index (χ3n) is 2.90. The predicted molar refractivity (Wildman–Crippen MR) is 83.4 cm³/mol. The zero-order chi connectivity index (χ0) is 15.3. The molecule has 0 heterocycles. The Morgan fingerprint density at radius 1 is 1.20 bits per heavy atom. The SMILES string of the molecule is CC(N)CCN(C)c1ccc(S(=O)(=O)NC(C)C)cc1. The third-order valence-corrected chi connectivity index (χ3v) is 4.57. The highest BCUT2D eigenvalue weighted by Crippen LogP contribution is 2.17. The molecule has 1 aromatic rings. The van der Waals surface area contributed by atoms with Gasteiger partial charge in [0.1, 0.15) is 0 Å². The second-order valence-corrected chi connectivity index (χ2v) is 7.17. The number of hydrogen-bond acceptors (Lipinski definition) is 4. The van der Waals surface area contributed by atoms with Gasteiger partial charge in [-0.15, -0.1) is 0 Å². The first-order valence-corrected chi connectivity index (χ1v) is 8.30. The normalized spacial score (nSPS) is 13.5. The summed E-state index contributed by atoms with van der Waals surface area (Å²) in [7, 11) is -1.45. The fraction of sp³-hybridized carbons (Fsp3) is 0.571. The van der Waals surface area contributed by atoms with E-state index in [1.807, 2.05) is 26.1 Å². The van der Waals surface area contributed by atoms with Crippen LogP contribution in [0.1, 0.15) is 27.2 Å². The number of nitrogens with two attached hydrogens (primary N) is 1. The Morgan fingerprint density at radius 2 is 1.75 bits per heavy atom. The standard InChI is InChI=1S/C14H25N3O2S/c1-11(2)16-20(18,19)14-7-5-13(6-8-14)17(4)10-9-12(3)15/h5-8,11-12,16H,9-10,15H2,1-4H3. The summed E-state index contributed by atoms with van der Waals surface area (Å²) < 4.78 is 26.6. The minimum absolute atomic E-state index is 0.117. The van der Waals surface area contributed by atoms with E-state index in [1.54, 1.807) is 26.0 Å². The molecule has 0 fully saturated rings. The van der Waals surface area contributed by atoms with Crippen molar-refractivity contribution in [2.45, 2.75) is 44.2 Å². The van der Waals surface area contributed by atoms with Gasteiger partial charge in [-0.1, -0.05) is 0 Å². The summed E-state index contributed by atoms with van der Waals surface area (Å²) in [6, 6.07) is 6.93. The quantitative estimate of drug-likeness (QED) is 0.801. The predicted octanol–water partition coefficient (Wildman–Crippen LogP) is 1.55. The smallest absolute Gasteiger partial charge is 0.240 e. The van der Waals surface area contributed by atoms with Gasteiger partial charge in [0.05, 0.1) is 4.90 Å². The first-order valence-electron chi connectivity index (χ1n) is 6.81. The van der Waals surface area contributed by atoms with E-state index in [4.69, 9.17) is 5.73 Å². The van der Waals surface area contributed by atoms with Crippen LogP contribution in [0, 0.1) is 0 Å². The zero-order valence-corrected chi connectivity index (χ0v) is 13.4. The minimum Gasteiger partial charge on any atom is -0.375 e. The summed E-state index contributed by atoms with van der Waals surface area (Å²) >= 11 is 0. The van der Waals surface area contributed by atoms with Crippen LogP contribution in [0.15, 0.2) is 29.2 Å². The Bertz CT molecular complexity index is 510. The van der Waals surface area contributed by atoms with Crippen molar-refractivity contribution >= 4 is 15.7 Å². The van der Waals surface area contributed by atoms with Gasteiger partial charge in [0.15, 0.2) is 0 Å². The number of anilines is 1. The third kappa shape index (κ3) is 5.11. The average Bonchev–Trinajstić information content (AvgIpc) is 2.34. The summed E-state index contributed by atoms with van der Waals surface area (Å²) in [5.74, 6) is 0. The van der Waals surface area contributed by atoms with Crippen LogP contribution in [0.25, 0.3) is 0 Å². The van der Waals surface area contributed by atoms with Crippen molar-refractivity contribution in [3.63, 3.8) is 0 Å². The van der Waals surface area contributed by atoms with E-state index in [1.165, 1.54) is 0 Å². The van der Waals surface area contributed by atoms with Crippen molar-refractivity contribution in [1.29, 1.82) is 0 Å². The van der Waals surface area contributed by atoms with Gasteiger partial charge in [-0.25, -0.2) is 13.1 Å². The Kier molecular flexibility index (Phi) is 5.98. The molecule has 6 heteroatoms. The van der Waals surface area contributed by atoms with Crippen LogP contribution in [-0.2, 0) is 10.0 Å². The Morgan fingerprint density at radius 3 is 2.20 bits per heavy atom. The number of rotatable bonds is 7. The van der Waals surface area contributed by atoms with Gasteiger partial charge >= 0.3 is 0 Å². The monoisotopic (exact) mass is 299 g/mol. The molecule has 0 saturated heterocycles. The second-order valence-electron chi connectivity index (χ2n) is 5.46. The van der Waals surface area contributed by atoms with Crippen molar-refractivity contribution in [3.8, 4) is 0 Å². The Labute approximate surface area is 122 Å². The van der Waals surface area contributed by atoms with E-state index < -0.39 is 10.0 Å². The van der Waals surface area contributed by atoms with Crippen molar-refractivity contribution < 1.29 is 8.42 Å². The number of hydrogen-bond donors (Lipinski definition) is 2. The average molecular weight is 299 g/mol. The van der Waals surface area contributed by atoms with Gasteiger partial charge in [-0.2, -0.15) is 0 Å². The fourth-order valence-electron chi connectivity index (χ4n) is 1.78. The molecule has 0 spiro atoms. The van der Waals surface area contributed by atoms with Gasteiger partial charge < -0.3 is 10.6 Å². The number of nitrogens with zero attached hydrogens (tertiary/aromatic N) is 1. The maximum absolute atomic E-state index is 12.0. The molecule has 0 radical (unpaired) electrons. The summed E-state index contributed by atoms with van der Waals surface area (Å²) in [6.07, 6.45) is 0.894. The summed E-state index contributed by atoms with van der Waals surface area (Å²) in [5.41, 5.74) is 6.71. The summed E-state index contributed by atoms with van der Waals surface area (Å²) in [6.45, 7) is 6.41. The van der Waals surface area contributed by atoms with E-state index in [0.29, 0.717) is 0 Å². The molecule has 1 unspecified atom stereocenters. The number of sulfonamides is 1. The van der Waals surface area contributed by atoms with Crippen molar-refractivity contribution in [1.82, 2.24) is 4.72 Å². The molecular weight excluding hydrogens is 274 g/mol. The second kappa shape index (κ2) is 7.06. The molecule has 1 rings (SSSR count). The van der Waals surface area contributed by atoms with E-state index in [-0.39, 0.29) is 17.0 Å². The highest BCUT2D eigenvalue weighted by molar-refractivity contribution is 7.89. The highest BCUT2D eigenvalue weighted by Gasteiger charge is 2.15. The zero-order valence-electron chi connectivity index (χ0n) is 12.6. The molecule has 1 atom stereocenters. The van der Waals surface area contributed by atoms with Crippen LogP contribution in [0.5, 0.6) is 0 Å². The lowest BCUT2D eigenvalue weighted by Gasteiger charge is -2.20. The largest absolute Gasteiger partial charge is 0.375 e. The molecule has 5 nitrogen and oxygen atoms in total. The molecule has 0 aliphatic heterocycles. The van der Waals surface area contributed by atoms with Crippen molar-refractivity contribution in [3.05, 3.63) is 24.3 Å². The van der Waals surface area contributed by atoms with Gasteiger partial charge in [-0.3, -0.25) is 0 Å². The molecule has 20 heavy (non-hydrogen) atoms. The maximum Gasteiger partial charge on any atom is 0.240 e. The van der Waals surface area contributed by atoms with Gasteiger partial charge in [0, 0.05) is 31.4 Å². The lowest BCUT2D eigenvalue weighted by molar-refractivity contribution is 0.570. The molecule has 0 aliphatic carbocycles. The fourth-order valence-corrected chi connectivity index (χ4v) is 3.04. The molecule has 114 valence electrons. The van der Waals surface area contributed by atoms with Crippen LogP contribution < -0.4 is 15.4 Å².